The summed E-state index contributed by atoms with van der Waals surface area (Å²) in [5.41, 5.74) is 5.83. The smallest absolute Gasteiger partial charge is 0.0122 e. The van der Waals surface area contributed by atoms with Crippen molar-refractivity contribution in [1.82, 2.24) is 0 Å². The van der Waals surface area contributed by atoms with Crippen molar-refractivity contribution in [1.29, 1.82) is 0 Å². The van der Waals surface area contributed by atoms with E-state index in [0.717, 1.165) is 9.79 Å². The third-order valence-electron chi connectivity index (χ3n) is 15.0. The van der Waals surface area contributed by atoms with Crippen LogP contribution in [-0.2, 0) is 0 Å². The lowest BCUT2D eigenvalue weighted by Gasteiger charge is -2.67. The molecule has 0 spiro atoms. The Labute approximate surface area is 285 Å². The van der Waals surface area contributed by atoms with Crippen molar-refractivity contribution < 1.29 is 0 Å². The van der Waals surface area contributed by atoms with Gasteiger partial charge in [-0.3, -0.25) is 0 Å². The van der Waals surface area contributed by atoms with Crippen molar-refractivity contribution in [2.24, 2.45) is 0 Å². The van der Waals surface area contributed by atoms with E-state index in [0.29, 0.717) is 0 Å². The lowest BCUT2D eigenvalue weighted by atomic mass is 9.97. The van der Waals surface area contributed by atoms with E-state index in [2.05, 4.69) is 0 Å². The average Bonchev–Trinajstić information content (AvgIpc) is 3.12. The molecule has 0 aromatic rings. The van der Waals surface area contributed by atoms with Crippen LogP contribution >= 0.6 is 23.8 Å². The number of rotatable bonds is 9. The second-order valence-electron chi connectivity index (χ2n) is 17.7. The highest BCUT2D eigenvalue weighted by Gasteiger charge is 2.62. The van der Waals surface area contributed by atoms with Gasteiger partial charge >= 0.3 is 0 Å². The molecule has 0 atom stereocenters. The minimum atomic E-state index is 0.0960. The van der Waals surface area contributed by atoms with Crippen LogP contribution in [0, 0.1) is 0 Å². The SMILES string of the molecule is C1CCC(P(C2CCCCC2)C2(P(C3CCCCC3)C3(P(C4CCCCC4)C4CCCCC4)CCCCC3)CCCCC2)CC1. The molecular formula is C42H75P3. The zero-order chi connectivity index (χ0) is 30.4. The summed E-state index contributed by atoms with van der Waals surface area (Å²) >= 11 is 0. The first-order valence-electron chi connectivity index (χ1n) is 21.7. The summed E-state index contributed by atoms with van der Waals surface area (Å²) in [7, 11) is 0.415. The molecule has 0 unspecified atom stereocenters. The fourth-order valence-electron chi connectivity index (χ4n) is 13.3. The molecule has 258 valence electrons. The summed E-state index contributed by atoms with van der Waals surface area (Å²) in [6.07, 6.45) is 57.0. The van der Waals surface area contributed by atoms with Crippen LogP contribution in [-0.4, -0.2) is 38.1 Å². The lowest BCUT2D eigenvalue weighted by molar-refractivity contribution is 0.410. The Morgan fingerprint density at radius 2 is 0.467 bits per heavy atom. The van der Waals surface area contributed by atoms with Crippen molar-refractivity contribution >= 4 is 23.8 Å². The Kier molecular flexibility index (Phi) is 13.1. The lowest BCUT2D eigenvalue weighted by Crippen LogP contribution is -2.48. The van der Waals surface area contributed by atoms with Crippen molar-refractivity contribution in [2.45, 2.75) is 263 Å². The van der Waals surface area contributed by atoms with Crippen LogP contribution in [0.5, 0.6) is 0 Å². The molecule has 7 aliphatic carbocycles. The van der Waals surface area contributed by atoms with Gasteiger partial charge in [0.05, 0.1) is 0 Å². The van der Waals surface area contributed by atoms with E-state index in [1.165, 1.54) is 28.3 Å². The normalized spacial score (nSPS) is 30.7. The van der Waals surface area contributed by atoms with Gasteiger partial charge in [-0.2, -0.15) is 0 Å². The van der Waals surface area contributed by atoms with Crippen LogP contribution < -0.4 is 0 Å². The first-order valence-corrected chi connectivity index (χ1v) is 26.1. The Bertz CT molecular complexity index is 745. The molecule has 0 aromatic carbocycles. The van der Waals surface area contributed by atoms with Gasteiger partial charge in [-0.25, -0.2) is 0 Å². The molecule has 3 heteroatoms. The van der Waals surface area contributed by atoms with Gasteiger partial charge in [0.15, 0.2) is 0 Å². The largest absolute Gasteiger partial charge is 0.0895 e. The van der Waals surface area contributed by atoms with E-state index < -0.39 is 0 Å². The van der Waals surface area contributed by atoms with Crippen molar-refractivity contribution in [3.63, 3.8) is 0 Å². The summed E-state index contributed by atoms with van der Waals surface area (Å²) in [6, 6.07) is 0. The molecule has 0 heterocycles. The van der Waals surface area contributed by atoms with E-state index in [1.54, 1.807) is 225 Å². The van der Waals surface area contributed by atoms with Gasteiger partial charge in [0.25, 0.3) is 0 Å². The predicted molar refractivity (Wildman–Crippen MR) is 207 cm³/mol. The molecule has 7 aliphatic rings. The second kappa shape index (κ2) is 17.0. The van der Waals surface area contributed by atoms with Gasteiger partial charge in [0.2, 0.25) is 0 Å². The van der Waals surface area contributed by atoms with E-state index in [-0.39, 0.29) is 23.8 Å². The average molecular weight is 673 g/mol. The Hall–Kier alpha value is 1.29. The molecule has 0 saturated heterocycles. The minimum Gasteiger partial charge on any atom is -0.0895 e. The molecule has 0 nitrogen and oxygen atoms in total. The highest BCUT2D eigenvalue weighted by Crippen LogP contribution is 2.90. The van der Waals surface area contributed by atoms with Gasteiger partial charge < -0.3 is 0 Å². The van der Waals surface area contributed by atoms with E-state index >= 15 is 0 Å². The maximum Gasteiger partial charge on any atom is 0.0122 e. The van der Waals surface area contributed by atoms with Crippen LogP contribution in [0.4, 0.5) is 0 Å². The topological polar surface area (TPSA) is 0 Å². The molecule has 7 fully saturated rings. The molecule has 0 amide bonds. The van der Waals surface area contributed by atoms with Gasteiger partial charge in [0.1, 0.15) is 0 Å². The highest BCUT2D eigenvalue weighted by molar-refractivity contribution is 7.86. The molecule has 45 heavy (non-hydrogen) atoms. The Balaban J connectivity index is 1.39. The fraction of sp³-hybridized carbons (Fsp3) is 1.00. The number of hydrogen-bond acceptors (Lipinski definition) is 0. The molecular weight excluding hydrogens is 597 g/mol. The monoisotopic (exact) mass is 673 g/mol. The van der Waals surface area contributed by atoms with E-state index in [9.17, 15) is 0 Å². The molecule has 0 radical (unpaired) electrons. The molecule has 0 aliphatic heterocycles. The number of hydrogen-bond donors (Lipinski definition) is 0. The predicted octanol–water partition coefficient (Wildman–Crippen LogP) is 15.4. The Morgan fingerprint density at radius 3 is 0.733 bits per heavy atom. The van der Waals surface area contributed by atoms with Crippen molar-refractivity contribution in [2.75, 3.05) is 0 Å². The molecule has 7 saturated carbocycles. The van der Waals surface area contributed by atoms with Gasteiger partial charge in [0, 0.05) is 9.79 Å². The van der Waals surface area contributed by atoms with E-state index in [1.807, 2.05) is 0 Å². The highest BCUT2D eigenvalue weighted by atomic mass is 31.2. The summed E-state index contributed by atoms with van der Waals surface area (Å²) < 4.78 is 0. The van der Waals surface area contributed by atoms with Crippen LogP contribution in [0.1, 0.15) is 225 Å². The fourth-order valence-corrected chi connectivity index (χ4v) is 33.5. The third-order valence-corrected chi connectivity index (χ3v) is 29.6. The van der Waals surface area contributed by atoms with Crippen molar-refractivity contribution in [3.05, 3.63) is 0 Å². The standard InChI is InChI=1S/C42H75P3/c1-8-22-36(23-9-1)43(37-24-10-2-11-25-37)41(32-18-6-19-33-41)45(40-30-16-5-17-31-40)42(34-20-7-21-35-42)44(38-26-12-3-13-27-38)39-28-14-4-15-29-39/h36-40H,1-35H2. The van der Waals surface area contributed by atoms with Crippen LogP contribution in [0.25, 0.3) is 0 Å². The molecule has 0 N–H and O–H groups in total. The quantitative estimate of drug-likeness (QED) is 0.214. The van der Waals surface area contributed by atoms with Crippen LogP contribution in [0.2, 0.25) is 0 Å². The minimum absolute atomic E-state index is 0.0960. The van der Waals surface area contributed by atoms with Crippen molar-refractivity contribution in [3.8, 4) is 0 Å². The summed E-state index contributed by atoms with van der Waals surface area (Å²) in [5.74, 6) is 0. The maximum atomic E-state index is 1.73. The zero-order valence-corrected chi connectivity index (χ0v) is 32.7. The maximum absolute atomic E-state index is 1.73. The zero-order valence-electron chi connectivity index (χ0n) is 30.0. The summed E-state index contributed by atoms with van der Waals surface area (Å²) in [4.78, 5) is 1.66. The first-order chi connectivity index (χ1) is 22.3. The second-order valence-corrected chi connectivity index (χ2v) is 27.9. The van der Waals surface area contributed by atoms with Gasteiger partial charge in [-0.1, -0.05) is 159 Å². The first kappa shape index (κ1) is 34.7. The third kappa shape index (κ3) is 7.66. The molecule has 7 rings (SSSR count). The van der Waals surface area contributed by atoms with Gasteiger partial charge in [-0.15, -0.1) is 0 Å². The van der Waals surface area contributed by atoms with Crippen LogP contribution in [0.15, 0.2) is 0 Å². The summed E-state index contributed by atoms with van der Waals surface area (Å²) in [6.45, 7) is 0. The molecule has 0 bridgehead atoms. The van der Waals surface area contributed by atoms with Gasteiger partial charge in [-0.05, 0) is 118 Å². The van der Waals surface area contributed by atoms with E-state index in [4.69, 9.17) is 0 Å². The Morgan fingerprint density at radius 1 is 0.244 bits per heavy atom. The molecule has 0 aromatic heterocycles. The van der Waals surface area contributed by atoms with Crippen LogP contribution in [0.3, 0.4) is 0 Å². The summed E-state index contributed by atoms with van der Waals surface area (Å²) in [5, 5.41) is 0.